The summed E-state index contributed by atoms with van der Waals surface area (Å²) in [4.78, 5) is 13.2. The highest BCUT2D eigenvalue weighted by molar-refractivity contribution is 5.76. The van der Waals surface area contributed by atoms with Crippen molar-refractivity contribution in [2.45, 2.75) is 312 Å². The number of unbranched alkanes of at least 4 members (excludes halogenated alkanes) is 26. The van der Waals surface area contributed by atoms with E-state index in [0.29, 0.717) is 6.42 Å². The van der Waals surface area contributed by atoms with E-state index in [0.717, 1.165) is 77.0 Å². The molecule has 12 unspecified atom stereocenters. The van der Waals surface area contributed by atoms with Crippen LogP contribution in [-0.2, 0) is 23.7 Å². The number of aliphatic hydroxyl groups is 8. The van der Waals surface area contributed by atoms with Crippen molar-refractivity contribution in [3.05, 3.63) is 85.1 Å². The Labute approximate surface area is 491 Å². The molecule has 2 saturated heterocycles. The zero-order valence-corrected chi connectivity index (χ0v) is 50.5. The van der Waals surface area contributed by atoms with Crippen LogP contribution in [0, 0.1) is 0 Å². The number of ether oxygens (including phenoxy) is 4. The Morgan fingerprint density at radius 1 is 0.457 bits per heavy atom. The molecule has 2 rings (SSSR count). The molecular formula is C67H117NO13. The Hall–Kier alpha value is -2.83. The smallest absolute Gasteiger partial charge is 0.220 e. The Morgan fingerprint density at radius 2 is 0.852 bits per heavy atom. The number of rotatable bonds is 51. The van der Waals surface area contributed by atoms with Gasteiger partial charge in [-0.25, -0.2) is 0 Å². The number of carbonyl (C=O) groups excluding carboxylic acids is 1. The quantitative estimate of drug-likeness (QED) is 0.0204. The van der Waals surface area contributed by atoms with Crippen LogP contribution in [0.2, 0.25) is 0 Å². The number of carbonyl (C=O) groups is 1. The maximum atomic E-state index is 13.2. The molecular weight excluding hydrogens is 1030 g/mol. The van der Waals surface area contributed by atoms with E-state index in [1.165, 1.54) is 135 Å². The Balaban J connectivity index is 1.57. The molecule has 81 heavy (non-hydrogen) atoms. The van der Waals surface area contributed by atoms with Gasteiger partial charge in [-0.15, -0.1) is 0 Å². The average molecular weight is 1140 g/mol. The minimum atomic E-state index is -1.79. The zero-order valence-electron chi connectivity index (χ0n) is 50.5. The van der Waals surface area contributed by atoms with Crippen LogP contribution in [-0.4, -0.2) is 140 Å². The van der Waals surface area contributed by atoms with E-state index in [-0.39, 0.29) is 18.9 Å². The Morgan fingerprint density at radius 3 is 1.31 bits per heavy atom. The van der Waals surface area contributed by atoms with Crippen molar-refractivity contribution in [3.8, 4) is 0 Å². The van der Waals surface area contributed by atoms with Gasteiger partial charge in [-0.3, -0.25) is 4.79 Å². The number of allylic oxidation sites excluding steroid dienone is 13. The fourth-order valence-corrected chi connectivity index (χ4v) is 10.2. The van der Waals surface area contributed by atoms with Crippen LogP contribution in [0.25, 0.3) is 0 Å². The minimum absolute atomic E-state index is 0.242. The van der Waals surface area contributed by atoms with Crippen LogP contribution in [0.4, 0.5) is 0 Å². The Bertz CT molecular complexity index is 1680. The van der Waals surface area contributed by atoms with Crippen molar-refractivity contribution in [3.63, 3.8) is 0 Å². The fourth-order valence-electron chi connectivity index (χ4n) is 10.2. The van der Waals surface area contributed by atoms with E-state index < -0.39 is 86.8 Å². The number of nitrogens with one attached hydrogen (secondary N) is 1. The van der Waals surface area contributed by atoms with Gasteiger partial charge < -0.3 is 65.1 Å². The highest BCUT2D eigenvalue weighted by Crippen LogP contribution is 2.30. The first-order chi connectivity index (χ1) is 39.6. The summed E-state index contributed by atoms with van der Waals surface area (Å²) in [5, 5.41) is 86.9. The number of amides is 1. The van der Waals surface area contributed by atoms with Gasteiger partial charge in [-0.2, -0.15) is 0 Å². The van der Waals surface area contributed by atoms with Crippen molar-refractivity contribution in [1.29, 1.82) is 0 Å². The summed E-state index contributed by atoms with van der Waals surface area (Å²) >= 11 is 0. The largest absolute Gasteiger partial charge is 0.394 e. The minimum Gasteiger partial charge on any atom is -0.394 e. The molecule has 0 spiro atoms. The van der Waals surface area contributed by atoms with Crippen LogP contribution in [0.3, 0.4) is 0 Å². The lowest BCUT2D eigenvalue weighted by Crippen LogP contribution is -2.65. The first-order valence-electron chi connectivity index (χ1n) is 32.3. The topological polar surface area (TPSA) is 228 Å². The lowest BCUT2D eigenvalue weighted by atomic mass is 9.97. The van der Waals surface area contributed by atoms with Gasteiger partial charge >= 0.3 is 0 Å². The lowest BCUT2D eigenvalue weighted by molar-refractivity contribution is -0.359. The molecule has 2 heterocycles. The molecule has 14 nitrogen and oxygen atoms in total. The second-order valence-electron chi connectivity index (χ2n) is 22.5. The standard InChI is InChI=1S/C67H117NO13/c1-3-5-7-9-11-13-15-16-17-18-19-20-21-22-23-24-25-26-27-28-29-30-31-32-33-34-35-36-37-38-39-40-41-43-45-47-49-51-59(72)68-55(56(71)50-48-46-44-42-14-12-10-8-6-4-2)54-78-66-64(77)62(75)65(58(53-70)80-66)81-67-63(76)61(74)60(73)57(52-69)79-67/h5,7,11,13,16-17,19-20,22-23,25-26,48,50,55-58,60-67,69-71,73-77H,3-4,6,8-10,12,14-15,18,21,24,27-47,49,51-54H2,1-2H3,(H,68,72)/b7-5-,13-11-,17-16-,20-19-,23-22-,26-25-,50-48+. The third-order valence-corrected chi connectivity index (χ3v) is 15.3. The normalized spacial score (nSPS) is 24.7. The number of hydrogen-bond donors (Lipinski definition) is 9. The molecule has 468 valence electrons. The molecule has 12 atom stereocenters. The van der Waals surface area contributed by atoms with Crippen molar-refractivity contribution < 1.29 is 64.6 Å². The monoisotopic (exact) mass is 1140 g/mol. The van der Waals surface area contributed by atoms with E-state index >= 15 is 0 Å². The molecule has 14 heteroatoms. The predicted octanol–water partition coefficient (Wildman–Crippen LogP) is 12.1. The summed E-state index contributed by atoms with van der Waals surface area (Å²) in [5.74, 6) is -0.242. The van der Waals surface area contributed by atoms with Crippen LogP contribution in [0.5, 0.6) is 0 Å². The molecule has 0 saturated carbocycles. The van der Waals surface area contributed by atoms with Gasteiger partial charge in [-0.1, -0.05) is 247 Å². The lowest BCUT2D eigenvalue weighted by Gasteiger charge is -2.46. The van der Waals surface area contributed by atoms with Crippen LogP contribution in [0.1, 0.15) is 239 Å². The van der Waals surface area contributed by atoms with E-state index in [1.807, 2.05) is 6.08 Å². The summed E-state index contributed by atoms with van der Waals surface area (Å²) in [6, 6.07) is -0.915. The van der Waals surface area contributed by atoms with Crippen molar-refractivity contribution in [2.24, 2.45) is 0 Å². The number of aliphatic hydroxyl groups excluding tert-OH is 8. The predicted molar refractivity (Wildman–Crippen MR) is 327 cm³/mol. The van der Waals surface area contributed by atoms with E-state index in [9.17, 15) is 45.6 Å². The average Bonchev–Trinajstić information content (AvgIpc) is 3.51. The zero-order chi connectivity index (χ0) is 58.8. The molecule has 0 aromatic heterocycles. The molecule has 0 radical (unpaired) electrons. The van der Waals surface area contributed by atoms with Crippen LogP contribution < -0.4 is 5.32 Å². The molecule has 2 fully saturated rings. The molecule has 2 aliphatic heterocycles. The number of hydrogen-bond acceptors (Lipinski definition) is 13. The van der Waals surface area contributed by atoms with Gasteiger partial charge in [0.05, 0.1) is 32.0 Å². The molecule has 2 aliphatic rings. The molecule has 0 aliphatic carbocycles. The van der Waals surface area contributed by atoms with Gasteiger partial charge in [0.1, 0.15) is 48.8 Å². The van der Waals surface area contributed by atoms with Gasteiger partial charge in [0.15, 0.2) is 12.6 Å². The van der Waals surface area contributed by atoms with Crippen LogP contribution >= 0.6 is 0 Å². The van der Waals surface area contributed by atoms with E-state index in [1.54, 1.807) is 6.08 Å². The summed E-state index contributed by atoms with van der Waals surface area (Å²) in [6.45, 7) is 2.65. The first kappa shape index (κ1) is 74.3. The summed E-state index contributed by atoms with van der Waals surface area (Å²) in [6.07, 6.45) is 53.8. The van der Waals surface area contributed by atoms with E-state index in [4.69, 9.17) is 18.9 Å². The molecule has 9 N–H and O–H groups in total. The first-order valence-corrected chi connectivity index (χ1v) is 32.3. The summed E-state index contributed by atoms with van der Waals surface area (Å²) in [5.41, 5.74) is 0. The van der Waals surface area contributed by atoms with Gasteiger partial charge in [0, 0.05) is 6.42 Å². The second-order valence-corrected chi connectivity index (χ2v) is 22.5. The third kappa shape index (κ3) is 36.6. The van der Waals surface area contributed by atoms with Crippen molar-refractivity contribution in [2.75, 3.05) is 19.8 Å². The highest BCUT2D eigenvalue weighted by Gasteiger charge is 2.51. The summed E-state index contributed by atoms with van der Waals surface area (Å²) in [7, 11) is 0. The molecule has 0 aromatic rings. The fraction of sp³-hybridized carbons (Fsp3) is 0.776. The van der Waals surface area contributed by atoms with Gasteiger partial charge in [-0.05, 0) is 70.6 Å². The highest BCUT2D eigenvalue weighted by atomic mass is 16.7. The second kappa shape index (κ2) is 51.6. The Kier molecular flexibility index (Phi) is 47.3. The van der Waals surface area contributed by atoms with E-state index in [2.05, 4.69) is 92.1 Å². The molecule has 1 amide bonds. The maximum Gasteiger partial charge on any atom is 0.220 e. The summed E-state index contributed by atoms with van der Waals surface area (Å²) < 4.78 is 22.7. The SMILES string of the molecule is CC/C=C\C/C=C\C/C=C\C/C=C\C/C=C\C/C=C\CCCCCCCCCCCCCCCCCCCCC(=O)NC(COC1OC(CO)C(OC2OC(CO)C(O)C(O)C2O)C(O)C1O)C(O)/C=C/CCCCCCCCCC. The maximum absolute atomic E-state index is 13.2. The van der Waals surface area contributed by atoms with Crippen LogP contribution in [0.15, 0.2) is 85.1 Å². The molecule has 0 bridgehead atoms. The molecule has 0 aromatic carbocycles. The van der Waals surface area contributed by atoms with Crippen molar-refractivity contribution >= 4 is 5.91 Å². The van der Waals surface area contributed by atoms with Gasteiger partial charge in [0.25, 0.3) is 0 Å². The third-order valence-electron chi connectivity index (χ3n) is 15.3. The van der Waals surface area contributed by atoms with Gasteiger partial charge in [0.2, 0.25) is 5.91 Å². The van der Waals surface area contributed by atoms with Crippen molar-refractivity contribution in [1.82, 2.24) is 5.32 Å².